The summed E-state index contributed by atoms with van der Waals surface area (Å²) < 4.78 is 0.863. The number of hydrogen-bond donors (Lipinski definition) is 2. The number of anilines is 2. The largest absolute Gasteiger partial charge is 0.397 e. The van der Waals surface area contributed by atoms with Gasteiger partial charge in [0.2, 0.25) is 5.91 Å². The monoisotopic (exact) mass is 313 g/mol. The van der Waals surface area contributed by atoms with E-state index in [1.807, 2.05) is 12.3 Å². The van der Waals surface area contributed by atoms with Crippen LogP contribution in [-0.2, 0) is 4.79 Å². The fourth-order valence-electron chi connectivity index (χ4n) is 1.34. The highest BCUT2D eigenvalue weighted by atomic mass is 35.5. The van der Waals surface area contributed by atoms with E-state index in [9.17, 15) is 4.79 Å². The van der Waals surface area contributed by atoms with E-state index in [4.69, 9.17) is 17.3 Å². The number of carbonyl (C=O) groups excluding carboxylic acids is 1. The Hall–Kier alpha value is -1.24. The third-order valence-electron chi connectivity index (χ3n) is 2.33. The van der Waals surface area contributed by atoms with Crippen LogP contribution in [0.25, 0.3) is 0 Å². The molecule has 2 rings (SSSR count). The number of nitrogen functional groups attached to an aromatic ring is 1. The maximum Gasteiger partial charge on any atom is 0.237 e. The zero-order valence-electron chi connectivity index (χ0n) is 10.1. The van der Waals surface area contributed by atoms with E-state index in [1.54, 1.807) is 24.4 Å². The molecule has 0 saturated carbocycles. The molecule has 0 spiro atoms. The third kappa shape index (κ3) is 3.86. The molecule has 0 bridgehead atoms. The van der Waals surface area contributed by atoms with Crippen LogP contribution in [0.15, 0.2) is 34.1 Å². The van der Waals surface area contributed by atoms with Crippen molar-refractivity contribution >= 4 is 52.0 Å². The van der Waals surface area contributed by atoms with Gasteiger partial charge in [0.15, 0.2) is 4.34 Å². The van der Waals surface area contributed by atoms with Crippen LogP contribution in [0.5, 0.6) is 0 Å². The lowest BCUT2D eigenvalue weighted by Crippen LogP contribution is -2.22. The Labute approximate surface area is 124 Å². The molecule has 0 radical (unpaired) electrons. The minimum atomic E-state index is -0.260. The number of amides is 1. The Morgan fingerprint density at radius 1 is 1.58 bits per heavy atom. The number of nitrogens with two attached hydrogens (primary N) is 1. The number of thioether (sulfide) groups is 1. The standard InChI is InChI=1S/C12H12ClN3OS2/c1-7(19-12-15-4-5-18-12)11(17)16-10-6-8(13)2-3-9(10)14/h2-7H,14H2,1H3,(H,16,17). The van der Waals surface area contributed by atoms with E-state index < -0.39 is 0 Å². The summed E-state index contributed by atoms with van der Waals surface area (Å²) >= 11 is 8.79. The van der Waals surface area contributed by atoms with Gasteiger partial charge in [-0.2, -0.15) is 0 Å². The van der Waals surface area contributed by atoms with Crippen molar-refractivity contribution in [2.75, 3.05) is 11.1 Å². The van der Waals surface area contributed by atoms with E-state index in [1.165, 1.54) is 23.1 Å². The second-order valence-corrected chi connectivity index (χ2v) is 6.70. The van der Waals surface area contributed by atoms with E-state index in [2.05, 4.69) is 10.3 Å². The highest BCUT2D eigenvalue weighted by molar-refractivity contribution is 8.02. The van der Waals surface area contributed by atoms with Crippen molar-refractivity contribution < 1.29 is 4.79 Å². The first-order valence-electron chi connectivity index (χ1n) is 5.48. The summed E-state index contributed by atoms with van der Waals surface area (Å²) in [6.07, 6.45) is 1.71. The van der Waals surface area contributed by atoms with Crippen molar-refractivity contribution in [3.63, 3.8) is 0 Å². The van der Waals surface area contributed by atoms with E-state index >= 15 is 0 Å². The van der Waals surface area contributed by atoms with Crippen LogP contribution in [0, 0.1) is 0 Å². The highest BCUT2D eigenvalue weighted by Crippen LogP contribution is 2.27. The summed E-state index contributed by atoms with van der Waals surface area (Å²) in [6, 6.07) is 4.98. The van der Waals surface area contributed by atoms with E-state index in [0.29, 0.717) is 16.4 Å². The lowest BCUT2D eigenvalue weighted by atomic mass is 10.2. The van der Waals surface area contributed by atoms with Crippen LogP contribution in [0.2, 0.25) is 5.02 Å². The quantitative estimate of drug-likeness (QED) is 0.669. The lowest BCUT2D eigenvalue weighted by molar-refractivity contribution is -0.115. The summed E-state index contributed by atoms with van der Waals surface area (Å²) in [5.74, 6) is -0.130. The summed E-state index contributed by atoms with van der Waals surface area (Å²) in [6.45, 7) is 1.82. The second-order valence-electron chi connectivity index (χ2n) is 3.78. The number of thiazole rings is 1. The Morgan fingerprint density at radius 3 is 3.05 bits per heavy atom. The molecule has 1 aromatic carbocycles. The average Bonchev–Trinajstić information content (AvgIpc) is 2.86. The molecule has 0 aliphatic rings. The minimum Gasteiger partial charge on any atom is -0.397 e. The van der Waals surface area contributed by atoms with E-state index in [-0.39, 0.29) is 11.2 Å². The van der Waals surface area contributed by atoms with Gasteiger partial charge in [0.1, 0.15) is 0 Å². The minimum absolute atomic E-state index is 0.130. The first-order valence-corrected chi connectivity index (χ1v) is 7.62. The van der Waals surface area contributed by atoms with Crippen LogP contribution >= 0.6 is 34.7 Å². The van der Waals surface area contributed by atoms with Gasteiger partial charge < -0.3 is 11.1 Å². The van der Waals surface area contributed by atoms with Crippen molar-refractivity contribution in [3.05, 3.63) is 34.8 Å². The molecule has 1 atom stereocenters. The number of carbonyl (C=O) groups is 1. The van der Waals surface area contributed by atoms with Crippen LogP contribution < -0.4 is 11.1 Å². The SMILES string of the molecule is CC(Sc1nccs1)C(=O)Nc1cc(Cl)ccc1N. The maximum absolute atomic E-state index is 12.0. The van der Waals surface area contributed by atoms with Crippen molar-refractivity contribution in [2.45, 2.75) is 16.5 Å². The molecule has 100 valence electrons. The number of nitrogens with one attached hydrogen (secondary N) is 1. The van der Waals surface area contributed by atoms with Gasteiger partial charge in [-0.1, -0.05) is 23.4 Å². The molecule has 4 nitrogen and oxygen atoms in total. The Morgan fingerprint density at radius 2 is 2.37 bits per heavy atom. The molecule has 3 N–H and O–H groups in total. The predicted octanol–water partition coefficient (Wildman–Crippen LogP) is 3.50. The van der Waals surface area contributed by atoms with Gasteiger partial charge in [-0.05, 0) is 25.1 Å². The van der Waals surface area contributed by atoms with Crippen LogP contribution in [-0.4, -0.2) is 16.1 Å². The van der Waals surface area contributed by atoms with Gasteiger partial charge in [-0.15, -0.1) is 11.3 Å². The van der Waals surface area contributed by atoms with E-state index in [0.717, 1.165) is 4.34 Å². The number of nitrogens with zero attached hydrogens (tertiary/aromatic N) is 1. The maximum atomic E-state index is 12.0. The summed E-state index contributed by atoms with van der Waals surface area (Å²) in [5, 5.41) is 4.92. The zero-order valence-corrected chi connectivity index (χ0v) is 12.5. The number of benzene rings is 1. The number of rotatable bonds is 4. The van der Waals surface area contributed by atoms with Crippen molar-refractivity contribution in [1.29, 1.82) is 0 Å². The first-order chi connectivity index (χ1) is 9.06. The molecule has 0 fully saturated rings. The van der Waals surface area contributed by atoms with Gasteiger partial charge in [0.25, 0.3) is 0 Å². The highest BCUT2D eigenvalue weighted by Gasteiger charge is 2.16. The lowest BCUT2D eigenvalue weighted by Gasteiger charge is -2.12. The molecule has 19 heavy (non-hydrogen) atoms. The smallest absolute Gasteiger partial charge is 0.237 e. The topological polar surface area (TPSA) is 68.0 Å². The Bertz CT molecular complexity index is 574. The van der Waals surface area contributed by atoms with Gasteiger partial charge in [0.05, 0.1) is 16.6 Å². The number of aromatic nitrogens is 1. The molecular weight excluding hydrogens is 302 g/mol. The van der Waals surface area contributed by atoms with Crippen LogP contribution in [0.1, 0.15) is 6.92 Å². The van der Waals surface area contributed by atoms with Gasteiger partial charge in [-0.3, -0.25) is 4.79 Å². The number of halogens is 1. The Kier molecular flexibility index (Phi) is 4.68. The number of hydrogen-bond acceptors (Lipinski definition) is 5. The second kappa shape index (κ2) is 6.27. The first kappa shape index (κ1) is 14.2. The summed E-state index contributed by atoms with van der Waals surface area (Å²) in [4.78, 5) is 16.2. The molecule has 0 aliphatic carbocycles. The molecule has 7 heteroatoms. The molecule has 0 saturated heterocycles. The van der Waals surface area contributed by atoms with Gasteiger partial charge in [-0.25, -0.2) is 4.98 Å². The molecule has 1 amide bonds. The molecule has 1 aromatic heterocycles. The molecule has 1 heterocycles. The fraction of sp³-hybridized carbons (Fsp3) is 0.167. The van der Waals surface area contributed by atoms with Crippen LogP contribution in [0.3, 0.4) is 0 Å². The van der Waals surface area contributed by atoms with Gasteiger partial charge >= 0.3 is 0 Å². The zero-order chi connectivity index (χ0) is 13.8. The molecule has 1 unspecified atom stereocenters. The van der Waals surface area contributed by atoms with Crippen LogP contribution in [0.4, 0.5) is 11.4 Å². The predicted molar refractivity (Wildman–Crippen MR) is 81.9 cm³/mol. The molecule has 2 aromatic rings. The van der Waals surface area contributed by atoms with Gasteiger partial charge in [0, 0.05) is 16.6 Å². The van der Waals surface area contributed by atoms with Crippen molar-refractivity contribution in [3.8, 4) is 0 Å². The van der Waals surface area contributed by atoms with Crippen molar-refractivity contribution in [1.82, 2.24) is 4.98 Å². The summed E-state index contributed by atoms with van der Waals surface area (Å²) in [7, 11) is 0. The molecular formula is C12H12ClN3OS2. The summed E-state index contributed by atoms with van der Waals surface area (Å²) in [5.41, 5.74) is 6.81. The third-order valence-corrected chi connectivity index (χ3v) is 4.58. The molecule has 0 aliphatic heterocycles. The normalized spacial score (nSPS) is 12.1. The van der Waals surface area contributed by atoms with Crippen molar-refractivity contribution in [2.24, 2.45) is 0 Å². The Balaban J connectivity index is 2.02. The fourth-order valence-corrected chi connectivity index (χ4v) is 3.29. The average molecular weight is 314 g/mol.